The van der Waals surface area contributed by atoms with Crippen molar-refractivity contribution in [2.24, 2.45) is 5.10 Å². The van der Waals surface area contributed by atoms with E-state index in [4.69, 9.17) is 20.8 Å². The fraction of sp³-hybridized carbons (Fsp3) is 0.125. The van der Waals surface area contributed by atoms with Gasteiger partial charge in [-0.15, -0.1) is 0 Å². The molecule has 4 aromatic rings. The Kier molecular flexibility index (Phi) is 6.75. The number of halogens is 1. The van der Waals surface area contributed by atoms with Crippen LogP contribution in [-0.4, -0.2) is 36.4 Å². The summed E-state index contributed by atoms with van der Waals surface area (Å²) in [4.78, 5) is 23.7. The summed E-state index contributed by atoms with van der Waals surface area (Å²) >= 11 is 5.83. The molecular formula is C24H20ClN3O5. The van der Waals surface area contributed by atoms with E-state index in [0.29, 0.717) is 23.1 Å². The highest BCUT2D eigenvalue weighted by atomic mass is 35.5. The van der Waals surface area contributed by atoms with Crippen LogP contribution in [0.2, 0.25) is 5.02 Å². The van der Waals surface area contributed by atoms with Gasteiger partial charge in [-0.25, -0.2) is 10.2 Å². The number of benzene rings is 2. The fourth-order valence-electron chi connectivity index (χ4n) is 3.24. The van der Waals surface area contributed by atoms with E-state index in [0.717, 1.165) is 16.5 Å². The van der Waals surface area contributed by atoms with Gasteiger partial charge >= 0.3 is 5.97 Å². The Bertz CT molecular complexity index is 1310. The SMILES string of the molecule is COC(=O)c1ccc(Cn2cc(/C=N\NC(=O)COc3ccc(Cl)cc3)c3ccccc32)o1. The molecule has 0 aliphatic rings. The summed E-state index contributed by atoms with van der Waals surface area (Å²) in [5, 5.41) is 5.59. The van der Waals surface area contributed by atoms with Crippen LogP contribution >= 0.6 is 11.6 Å². The van der Waals surface area contributed by atoms with Crippen molar-refractivity contribution in [2.75, 3.05) is 13.7 Å². The van der Waals surface area contributed by atoms with Crippen LogP contribution in [0.1, 0.15) is 21.9 Å². The predicted octanol–water partition coefficient (Wildman–Crippen LogP) is 4.25. The third-order valence-electron chi connectivity index (χ3n) is 4.77. The van der Waals surface area contributed by atoms with Gasteiger partial charge in [0, 0.05) is 27.7 Å². The average molecular weight is 466 g/mol. The molecular weight excluding hydrogens is 446 g/mol. The maximum atomic E-state index is 12.0. The molecule has 0 fully saturated rings. The van der Waals surface area contributed by atoms with Crippen LogP contribution in [0.25, 0.3) is 10.9 Å². The second kappa shape index (κ2) is 10.1. The van der Waals surface area contributed by atoms with E-state index in [1.54, 1.807) is 42.6 Å². The lowest BCUT2D eigenvalue weighted by Crippen LogP contribution is -2.24. The quantitative estimate of drug-likeness (QED) is 0.238. The van der Waals surface area contributed by atoms with Crippen molar-refractivity contribution in [2.45, 2.75) is 6.54 Å². The maximum absolute atomic E-state index is 12.0. The van der Waals surface area contributed by atoms with Crippen molar-refractivity contribution in [1.82, 2.24) is 9.99 Å². The van der Waals surface area contributed by atoms with Crippen molar-refractivity contribution in [1.29, 1.82) is 0 Å². The molecule has 1 N–H and O–H groups in total. The number of hydrazone groups is 1. The average Bonchev–Trinajstić information content (AvgIpc) is 3.44. The molecule has 33 heavy (non-hydrogen) atoms. The number of furan rings is 1. The van der Waals surface area contributed by atoms with Crippen molar-refractivity contribution in [3.05, 3.63) is 89.0 Å². The van der Waals surface area contributed by atoms with Crippen LogP contribution in [-0.2, 0) is 16.1 Å². The lowest BCUT2D eigenvalue weighted by molar-refractivity contribution is -0.123. The van der Waals surface area contributed by atoms with Crippen LogP contribution < -0.4 is 10.2 Å². The number of carbonyl (C=O) groups is 2. The highest BCUT2D eigenvalue weighted by Crippen LogP contribution is 2.22. The number of hydrogen-bond acceptors (Lipinski definition) is 6. The Morgan fingerprint density at radius 3 is 2.70 bits per heavy atom. The molecule has 2 heterocycles. The first-order valence-corrected chi connectivity index (χ1v) is 10.4. The summed E-state index contributed by atoms with van der Waals surface area (Å²) in [7, 11) is 1.30. The summed E-state index contributed by atoms with van der Waals surface area (Å²) < 4.78 is 17.6. The van der Waals surface area contributed by atoms with E-state index in [2.05, 4.69) is 15.3 Å². The topological polar surface area (TPSA) is 95.1 Å². The minimum atomic E-state index is -0.526. The van der Waals surface area contributed by atoms with Gasteiger partial charge in [-0.3, -0.25) is 4.79 Å². The molecule has 0 unspecified atom stereocenters. The molecule has 1 amide bonds. The molecule has 0 atom stereocenters. The molecule has 9 heteroatoms. The van der Waals surface area contributed by atoms with Crippen LogP contribution in [0.4, 0.5) is 0 Å². The molecule has 0 bridgehead atoms. The number of ether oxygens (including phenoxy) is 2. The molecule has 0 saturated carbocycles. The van der Waals surface area contributed by atoms with Crippen molar-refractivity contribution >= 4 is 40.6 Å². The number of methoxy groups -OCH3 is 1. The lowest BCUT2D eigenvalue weighted by Gasteiger charge is -2.04. The standard InChI is InChI=1S/C24H20ClN3O5/c1-31-24(30)22-11-10-19(33-22)14-28-13-16(20-4-2-3-5-21(20)28)12-26-27-23(29)15-32-18-8-6-17(25)7-9-18/h2-13H,14-15H2,1H3,(H,27,29)/b26-12-. The minimum absolute atomic E-state index is 0.147. The number of nitrogens with one attached hydrogen (secondary N) is 1. The van der Waals surface area contributed by atoms with E-state index in [9.17, 15) is 9.59 Å². The summed E-state index contributed by atoms with van der Waals surface area (Å²) in [5.74, 6) is 0.370. The molecule has 0 saturated heterocycles. The van der Waals surface area contributed by atoms with Gasteiger partial charge in [-0.1, -0.05) is 29.8 Å². The number of carbonyl (C=O) groups excluding carboxylic acids is 2. The van der Waals surface area contributed by atoms with Crippen molar-refractivity contribution in [3.63, 3.8) is 0 Å². The Morgan fingerprint density at radius 2 is 1.91 bits per heavy atom. The number of fused-ring (bicyclic) bond motifs is 1. The Hall–Kier alpha value is -4.04. The third kappa shape index (κ3) is 5.42. The molecule has 8 nitrogen and oxygen atoms in total. The van der Waals surface area contributed by atoms with Crippen LogP contribution in [0.15, 0.2) is 76.4 Å². The van der Waals surface area contributed by atoms with Gasteiger partial charge in [0.2, 0.25) is 5.76 Å². The smallest absolute Gasteiger partial charge is 0.373 e. The van der Waals surface area contributed by atoms with Crippen LogP contribution in [0.5, 0.6) is 5.75 Å². The number of para-hydroxylation sites is 1. The predicted molar refractivity (Wildman–Crippen MR) is 124 cm³/mol. The molecule has 2 aromatic heterocycles. The number of aromatic nitrogens is 1. The summed E-state index contributed by atoms with van der Waals surface area (Å²) in [6.07, 6.45) is 3.46. The van der Waals surface area contributed by atoms with E-state index >= 15 is 0 Å². The largest absolute Gasteiger partial charge is 0.484 e. The molecule has 0 aliphatic carbocycles. The van der Waals surface area contributed by atoms with E-state index in [-0.39, 0.29) is 12.4 Å². The Labute approximate surface area is 194 Å². The monoisotopic (exact) mass is 465 g/mol. The molecule has 0 spiro atoms. The third-order valence-corrected chi connectivity index (χ3v) is 5.02. The van der Waals surface area contributed by atoms with Gasteiger partial charge in [0.1, 0.15) is 11.5 Å². The second-order valence-corrected chi connectivity index (χ2v) is 7.46. The number of amides is 1. The van der Waals surface area contributed by atoms with Crippen molar-refractivity contribution in [3.8, 4) is 5.75 Å². The first-order chi connectivity index (χ1) is 16.0. The molecule has 168 valence electrons. The van der Waals surface area contributed by atoms with Gasteiger partial charge in [-0.2, -0.15) is 5.10 Å². The van der Waals surface area contributed by atoms with Gasteiger partial charge in [-0.05, 0) is 42.5 Å². The van der Waals surface area contributed by atoms with E-state index in [1.807, 2.05) is 35.0 Å². The molecule has 2 aromatic carbocycles. The zero-order valence-corrected chi connectivity index (χ0v) is 18.4. The van der Waals surface area contributed by atoms with Gasteiger partial charge < -0.3 is 18.5 Å². The highest BCUT2D eigenvalue weighted by molar-refractivity contribution is 6.30. The van der Waals surface area contributed by atoms with Gasteiger partial charge in [0.05, 0.1) is 19.9 Å². The second-order valence-electron chi connectivity index (χ2n) is 7.02. The van der Waals surface area contributed by atoms with Crippen LogP contribution in [0.3, 0.4) is 0 Å². The minimum Gasteiger partial charge on any atom is -0.484 e. The zero-order chi connectivity index (χ0) is 23.2. The molecule has 0 radical (unpaired) electrons. The Balaban J connectivity index is 1.43. The zero-order valence-electron chi connectivity index (χ0n) is 17.7. The van der Waals surface area contributed by atoms with E-state index < -0.39 is 11.9 Å². The maximum Gasteiger partial charge on any atom is 0.373 e. The molecule has 4 rings (SSSR count). The highest BCUT2D eigenvalue weighted by Gasteiger charge is 2.13. The number of rotatable bonds is 8. The van der Waals surface area contributed by atoms with Crippen LogP contribution in [0, 0.1) is 0 Å². The molecule has 0 aliphatic heterocycles. The summed E-state index contributed by atoms with van der Waals surface area (Å²) in [6, 6.07) is 17.8. The lowest BCUT2D eigenvalue weighted by atomic mass is 10.2. The van der Waals surface area contributed by atoms with Gasteiger partial charge in [0.15, 0.2) is 6.61 Å². The van der Waals surface area contributed by atoms with Gasteiger partial charge in [0.25, 0.3) is 5.91 Å². The Morgan fingerprint density at radius 1 is 1.12 bits per heavy atom. The normalized spacial score (nSPS) is 11.1. The summed E-state index contributed by atoms with van der Waals surface area (Å²) in [5.41, 5.74) is 4.22. The number of nitrogens with zero attached hydrogens (tertiary/aromatic N) is 2. The van der Waals surface area contributed by atoms with E-state index in [1.165, 1.54) is 7.11 Å². The van der Waals surface area contributed by atoms with Crippen molar-refractivity contribution < 1.29 is 23.5 Å². The fourth-order valence-corrected chi connectivity index (χ4v) is 3.36. The number of hydrogen-bond donors (Lipinski definition) is 1. The first-order valence-electron chi connectivity index (χ1n) is 9.98. The number of esters is 1. The first kappa shape index (κ1) is 22.2. The summed E-state index contributed by atoms with van der Waals surface area (Å²) in [6.45, 7) is 0.231.